The molecule has 0 fully saturated rings. The first-order valence-corrected chi connectivity index (χ1v) is 9.11. The Morgan fingerprint density at radius 3 is 2.63 bits per heavy atom. The van der Waals surface area contributed by atoms with Crippen LogP contribution in [0.1, 0.15) is 27.1 Å². The van der Waals surface area contributed by atoms with Crippen molar-refractivity contribution >= 4 is 28.5 Å². The van der Waals surface area contributed by atoms with Crippen LogP contribution in [0.3, 0.4) is 0 Å². The van der Waals surface area contributed by atoms with Crippen LogP contribution in [0, 0.1) is 11.3 Å². The second-order valence-electron chi connectivity index (χ2n) is 6.53. The number of nitrogens with one attached hydrogen (secondary N) is 1. The monoisotopic (exact) mass is 399 g/mol. The summed E-state index contributed by atoms with van der Waals surface area (Å²) < 4.78 is 7.39. The Bertz CT molecular complexity index is 1250. The molecule has 0 saturated heterocycles. The van der Waals surface area contributed by atoms with Gasteiger partial charge in [0.1, 0.15) is 11.3 Å². The average molecular weight is 399 g/mol. The van der Waals surface area contributed by atoms with E-state index in [0.717, 1.165) is 5.39 Å². The highest BCUT2D eigenvalue weighted by Gasteiger charge is 2.21. The molecule has 0 atom stereocenters. The summed E-state index contributed by atoms with van der Waals surface area (Å²) in [5.74, 6) is -1.29. The molecule has 2 aromatic heterocycles. The van der Waals surface area contributed by atoms with Crippen LogP contribution < -0.4 is 10.4 Å². The van der Waals surface area contributed by atoms with Gasteiger partial charge in [0.15, 0.2) is 5.76 Å². The van der Waals surface area contributed by atoms with Crippen molar-refractivity contribution in [3.05, 3.63) is 71.9 Å². The zero-order valence-electron chi connectivity index (χ0n) is 15.7. The van der Waals surface area contributed by atoms with E-state index in [1.165, 1.54) is 28.9 Å². The molecule has 1 N–H and O–H groups in total. The second-order valence-corrected chi connectivity index (χ2v) is 6.53. The molecular weight excluding hydrogens is 384 g/mol. The average Bonchev–Trinajstić information content (AvgIpc) is 3.36. The van der Waals surface area contributed by atoms with Crippen LogP contribution in [0.4, 0.5) is 5.69 Å². The number of carbonyl (C=O) groups excluding carboxylic acids is 2. The topological polar surface area (TPSA) is 124 Å². The van der Waals surface area contributed by atoms with Crippen molar-refractivity contribution in [3.8, 4) is 17.5 Å². The van der Waals surface area contributed by atoms with Gasteiger partial charge in [-0.2, -0.15) is 10.4 Å². The molecular formula is C22H15N4O4-. The number of rotatable bonds is 6. The first kappa shape index (κ1) is 19.0. The molecule has 0 bridgehead atoms. The molecule has 0 radical (unpaired) electrons. The van der Waals surface area contributed by atoms with Gasteiger partial charge >= 0.3 is 0 Å². The van der Waals surface area contributed by atoms with Crippen molar-refractivity contribution in [2.45, 2.75) is 13.0 Å². The van der Waals surface area contributed by atoms with Crippen molar-refractivity contribution in [1.29, 1.82) is 5.26 Å². The Kier molecular flexibility index (Phi) is 5.01. The lowest BCUT2D eigenvalue weighted by molar-refractivity contribution is -0.255. The van der Waals surface area contributed by atoms with Crippen molar-refractivity contribution < 1.29 is 19.1 Å². The number of anilines is 1. The molecule has 0 spiro atoms. The Morgan fingerprint density at radius 1 is 1.17 bits per heavy atom. The van der Waals surface area contributed by atoms with E-state index in [-0.39, 0.29) is 17.5 Å². The molecule has 30 heavy (non-hydrogen) atoms. The number of aromatic nitrogens is 2. The number of hydrogen-bond acceptors (Lipinski definition) is 6. The second kappa shape index (κ2) is 7.93. The normalized spacial score (nSPS) is 10.6. The highest BCUT2D eigenvalue weighted by molar-refractivity contribution is 6.08. The maximum atomic E-state index is 12.9. The zero-order chi connectivity index (χ0) is 21.1. The Balaban J connectivity index is 1.68. The van der Waals surface area contributed by atoms with E-state index in [4.69, 9.17) is 9.68 Å². The molecule has 148 valence electrons. The summed E-state index contributed by atoms with van der Waals surface area (Å²) in [4.78, 5) is 23.8. The summed E-state index contributed by atoms with van der Waals surface area (Å²) >= 11 is 0. The first-order valence-electron chi connectivity index (χ1n) is 9.11. The lowest BCUT2D eigenvalue weighted by Crippen LogP contribution is -2.22. The van der Waals surface area contributed by atoms with Crippen LogP contribution in [-0.4, -0.2) is 21.7 Å². The number of nitrogens with zero attached hydrogens (tertiary/aromatic N) is 3. The van der Waals surface area contributed by atoms with E-state index in [1.54, 1.807) is 12.3 Å². The van der Waals surface area contributed by atoms with Crippen molar-refractivity contribution in [3.63, 3.8) is 0 Å². The fourth-order valence-electron chi connectivity index (χ4n) is 3.04. The molecule has 0 unspecified atom stereocenters. The van der Waals surface area contributed by atoms with E-state index < -0.39 is 11.9 Å². The highest BCUT2D eigenvalue weighted by Crippen LogP contribution is 2.29. The fourth-order valence-corrected chi connectivity index (χ4v) is 3.04. The molecule has 4 aromatic rings. The minimum atomic E-state index is -1.29. The number of carboxylic acids is 1. The molecule has 0 aliphatic heterocycles. The predicted octanol–water partition coefficient (Wildman–Crippen LogP) is 2.83. The SMILES string of the molecule is N#CCCn1cc(C(=O)Nc2ccc(C(=O)[O-])cc2)c(-c2cc3ccccc3o2)n1. The van der Waals surface area contributed by atoms with Crippen LogP contribution in [0.15, 0.2) is 65.2 Å². The first-order chi connectivity index (χ1) is 14.5. The van der Waals surface area contributed by atoms with Gasteiger partial charge in [0, 0.05) is 17.3 Å². The molecule has 4 rings (SSSR count). The predicted molar refractivity (Wildman–Crippen MR) is 106 cm³/mol. The third kappa shape index (κ3) is 3.77. The molecule has 0 aliphatic rings. The number of amides is 1. The number of para-hydroxylation sites is 1. The Morgan fingerprint density at radius 2 is 1.93 bits per heavy atom. The zero-order valence-corrected chi connectivity index (χ0v) is 15.7. The fraction of sp³-hybridized carbons (Fsp3) is 0.0909. The maximum Gasteiger partial charge on any atom is 0.259 e. The highest BCUT2D eigenvalue weighted by atomic mass is 16.4. The molecule has 0 aliphatic carbocycles. The number of aromatic carboxylic acids is 1. The van der Waals surface area contributed by atoms with E-state index in [2.05, 4.69) is 16.5 Å². The lowest BCUT2D eigenvalue weighted by atomic mass is 10.1. The summed E-state index contributed by atoms with van der Waals surface area (Å²) in [6.45, 7) is 0.331. The van der Waals surface area contributed by atoms with Gasteiger partial charge in [-0.1, -0.05) is 30.3 Å². The minimum absolute atomic E-state index is 0.0142. The van der Waals surface area contributed by atoms with Crippen LogP contribution >= 0.6 is 0 Å². The third-order valence-corrected chi connectivity index (χ3v) is 4.50. The number of nitriles is 1. The smallest absolute Gasteiger partial charge is 0.259 e. The van der Waals surface area contributed by atoms with Gasteiger partial charge in [-0.15, -0.1) is 0 Å². The van der Waals surface area contributed by atoms with E-state index in [9.17, 15) is 14.7 Å². The molecule has 2 heterocycles. The summed E-state index contributed by atoms with van der Waals surface area (Å²) in [5.41, 5.74) is 1.73. The van der Waals surface area contributed by atoms with Crippen molar-refractivity contribution in [2.75, 3.05) is 5.32 Å². The third-order valence-electron chi connectivity index (χ3n) is 4.50. The van der Waals surface area contributed by atoms with Gasteiger partial charge < -0.3 is 19.6 Å². The van der Waals surface area contributed by atoms with Crippen LogP contribution in [0.2, 0.25) is 0 Å². The van der Waals surface area contributed by atoms with E-state index in [0.29, 0.717) is 29.3 Å². The number of fused-ring (bicyclic) bond motifs is 1. The number of carboxylic acid groups (broad SMARTS) is 1. The summed E-state index contributed by atoms with van der Waals surface area (Å²) in [5, 5.41) is 27.8. The van der Waals surface area contributed by atoms with Crippen LogP contribution in [0.5, 0.6) is 0 Å². The number of hydrogen-bond donors (Lipinski definition) is 1. The van der Waals surface area contributed by atoms with Gasteiger partial charge in [0.25, 0.3) is 5.91 Å². The molecule has 8 nitrogen and oxygen atoms in total. The van der Waals surface area contributed by atoms with Gasteiger partial charge in [-0.05, 0) is 29.8 Å². The molecule has 0 saturated carbocycles. The van der Waals surface area contributed by atoms with Gasteiger partial charge in [0.05, 0.1) is 30.6 Å². The van der Waals surface area contributed by atoms with Crippen LogP contribution in [-0.2, 0) is 6.54 Å². The Hall–Kier alpha value is -4.38. The number of aryl methyl sites for hydroxylation is 1. The van der Waals surface area contributed by atoms with E-state index in [1.807, 2.05) is 24.3 Å². The molecule has 8 heteroatoms. The van der Waals surface area contributed by atoms with Crippen molar-refractivity contribution in [2.24, 2.45) is 0 Å². The molecule has 1 amide bonds. The quantitative estimate of drug-likeness (QED) is 0.532. The minimum Gasteiger partial charge on any atom is -0.545 e. The van der Waals surface area contributed by atoms with Gasteiger partial charge in [-0.25, -0.2) is 0 Å². The summed E-state index contributed by atoms with van der Waals surface area (Å²) in [7, 11) is 0. The summed E-state index contributed by atoms with van der Waals surface area (Å²) in [6.07, 6.45) is 1.80. The van der Waals surface area contributed by atoms with Crippen molar-refractivity contribution in [1.82, 2.24) is 9.78 Å². The largest absolute Gasteiger partial charge is 0.545 e. The van der Waals surface area contributed by atoms with Gasteiger partial charge in [0.2, 0.25) is 0 Å². The van der Waals surface area contributed by atoms with Crippen LogP contribution in [0.25, 0.3) is 22.4 Å². The standard InChI is InChI=1S/C22H16N4O4/c23-10-3-11-26-13-17(21(27)24-16-8-6-14(7-9-16)22(28)29)20(25-26)19-12-15-4-1-2-5-18(15)30-19/h1-2,4-9,12-13H,3,11H2,(H,24,27)(H,28,29)/p-1. The number of carbonyl (C=O) groups is 2. The van der Waals surface area contributed by atoms with Gasteiger partial charge in [-0.3, -0.25) is 9.48 Å². The Labute approximate surface area is 171 Å². The summed E-state index contributed by atoms with van der Waals surface area (Å²) in [6, 6.07) is 17.0. The number of benzene rings is 2. The maximum absolute atomic E-state index is 12.9. The number of furan rings is 1. The van der Waals surface area contributed by atoms with E-state index >= 15 is 0 Å². The molecule has 2 aromatic carbocycles. The lowest BCUT2D eigenvalue weighted by Gasteiger charge is -2.06.